The van der Waals surface area contributed by atoms with Crippen LogP contribution >= 0.6 is 0 Å². The third kappa shape index (κ3) is 33.7. The summed E-state index contributed by atoms with van der Waals surface area (Å²) in [5.74, 6) is -7.05. The second-order valence-electron chi connectivity index (χ2n) is 31.0. The lowest BCUT2D eigenvalue weighted by atomic mass is 9.77. The fraction of sp³-hybridized carbons (Fsp3) is 0.583. The van der Waals surface area contributed by atoms with Crippen LogP contribution in [0.15, 0.2) is 97.1 Å². The molecule has 0 fully saturated rings. The number of carbonyl (C=O) groups is 8. The quantitative estimate of drug-likeness (QED) is 0.0165. The number of imide groups is 2. The zero-order valence-corrected chi connectivity index (χ0v) is 78.4. The SMILES string of the molecule is COCCOCCOCC(COCCOCCOC)NC(=O)CC(C(=O)NC(COCCOCCOC)COCCOCCOC)N1C(=O)c2ccc3c4c(-c5ccccc5)cc5c6c(ccc(c7c(-c8ccccc8)cc(c2c37)C1=O)c64)C(=O)N(C(CC(=O)NC(COCCOCCOC)COCCOCCOC)C(=O)NC(COCCOCCOC)COCCOCCOC)C5=O. The van der Waals surface area contributed by atoms with Gasteiger partial charge in [-0.2, -0.15) is 0 Å². The Kier molecular flexibility index (Phi) is 50.9. The molecule has 0 radical (unpaired) electrons. The Hall–Kier alpha value is -8.96. The number of benzene rings is 7. The maximum absolute atomic E-state index is 16.6. The third-order valence-electron chi connectivity index (χ3n) is 21.5. The van der Waals surface area contributed by atoms with Crippen molar-refractivity contribution in [3.8, 4) is 22.3 Å². The number of nitrogens with one attached hydrogen (secondary N) is 4. The number of methoxy groups -OCH3 is 8. The van der Waals surface area contributed by atoms with E-state index in [1.807, 2.05) is 60.7 Å². The van der Waals surface area contributed by atoms with Gasteiger partial charge >= 0.3 is 0 Å². The van der Waals surface area contributed by atoms with Crippen LogP contribution in [-0.2, 0) is 133 Å². The number of amides is 8. The molecule has 7 aromatic rings. The fourth-order valence-corrected chi connectivity index (χ4v) is 15.1. The van der Waals surface area contributed by atoms with Crippen molar-refractivity contribution in [2.75, 3.05) is 321 Å². The van der Waals surface area contributed by atoms with Gasteiger partial charge in [-0.25, -0.2) is 0 Å². The topological polar surface area (TPSA) is 413 Å². The fourth-order valence-electron chi connectivity index (χ4n) is 15.1. The Morgan fingerprint density at radius 1 is 0.239 bits per heavy atom. The Morgan fingerprint density at radius 3 is 0.694 bits per heavy atom. The number of hydrogen-bond donors (Lipinski definition) is 4. The van der Waals surface area contributed by atoms with Crippen LogP contribution in [0.4, 0.5) is 0 Å². The van der Waals surface area contributed by atoms with Crippen LogP contribution < -0.4 is 21.3 Å². The number of hydrogen-bond acceptors (Lipinski definition) is 32. The summed E-state index contributed by atoms with van der Waals surface area (Å²) in [6.07, 6.45) is -1.56. The predicted molar refractivity (Wildman–Crippen MR) is 492 cm³/mol. The summed E-state index contributed by atoms with van der Waals surface area (Å²) in [5, 5.41) is 15.2. The molecule has 740 valence electrons. The van der Waals surface area contributed by atoms with Crippen LogP contribution in [0.25, 0.3) is 65.3 Å². The Balaban J connectivity index is 1.18. The van der Waals surface area contributed by atoms with Gasteiger partial charge in [-0.1, -0.05) is 72.8 Å². The number of carbonyl (C=O) groups excluding carboxylic acids is 8. The average Bonchev–Trinajstić information content (AvgIpc) is 0.675. The van der Waals surface area contributed by atoms with Crippen LogP contribution in [-0.4, -0.2) is 414 Å². The molecule has 0 aliphatic carbocycles. The molecule has 9 rings (SSSR count). The molecule has 0 saturated carbocycles. The van der Waals surface area contributed by atoms with Crippen LogP contribution in [0.5, 0.6) is 0 Å². The minimum atomic E-state index is -1.88. The number of fused-ring (bicyclic) bond motifs is 2. The summed E-state index contributed by atoms with van der Waals surface area (Å²) in [7, 11) is 12.5. The summed E-state index contributed by atoms with van der Waals surface area (Å²) < 4.78 is 135. The van der Waals surface area contributed by atoms with Crippen molar-refractivity contribution < 1.29 is 152 Å². The first kappa shape index (κ1) is 109. The zero-order valence-electron chi connectivity index (χ0n) is 78.4. The van der Waals surface area contributed by atoms with Gasteiger partial charge < -0.3 is 135 Å². The Morgan fingerprint density at radius 2 is 0.455 bits per heavy atom. The summed E-state index contributed by atoms with van der Waals surface area (Å²) in [6, 6.07) is 20.9. The maximum Gasteiger partial charge on any atom is 0.262 e. The maximum atomic E-state index is 16.6. The van der Waals surface area contributed by atoms with Crippen LogP contribution in [0, 0.1) is 0 Å². The van der Waals surface area contributed by atoms with Crippen molar-refractivity contribution in [2.24, 2.45) is 0 Å². The van der Waals surface area contributed by atoms with Gasteiger partial charge in [-0.15, -0.1) is 0 Å². The number of ether oxygens (including phenoxy) is 24. The molecular weight excluding hydrogens is 1750 g/mol. The van der Waals surface area contributed by atoms with Gasteiger partial charge in [0.15, 0.2) is 0 Å². The summed E-state index contributed by atoms with van der Waals surface area (Å²) >= 11 is 0. The lowest BCUT2D eigenvalue weighted by Crippen LogP contribution is -2.58. The summed E-state index contributed by atoms with van der Waals surface area (Å²) in [4.78, 5) is 130. The highest BCUT2D eigenvalue weighted by Gasteiger charge is 2.47. The van der Waals surface area contributed by atoms with E-state index >= 15 is 38.4 Å². The van der Waals surface area contributed by atoms with Gasteiger partial charge in [-0.05, 0) is 78.8 Å². The molecule has 0 bridgehead atoms. The highest BCUT2D eigenvalue weighted by Crippen LogP contribution is 2.52. The predicted octanol–water partition coefficient (Wildman–Crippen LogP) is 5.16. The molecule has 134 heavy (non-hydrogen) atoms. The lowest BCUT2D eigenvalue weighted by Gasteiger charge is -2.36. The molecule has 7 aromatic carbocycles. The van der Waals surface area contributed by atoms with Gasteiger partial charge in [0.25, 0.3) is 23.6 Å². The van der Waals surface area contributed by atoms with E-state index in [0.29, 0.717) is 160 Å². The third-order valence-corrected chi connectivity index (χ3v) is 21.5. The van der Waals surface area contributed by atoms with Crippen molar-refractivity contribution in [2.45, 2.75) is 49.1 Å². The summed E-state index contributed by atoms with van der Waals surface area (Å²) in [5.41, 5.74) is 2.06. The Labute approximate surface area is 781 Å². The molecule has 0 saturated heterocycles. The van der Waals surface area contributed by atoms with Gasteiger partial charge in [0.2, 0.25) is 23.6 Å². The van der Waals surface area contributed by atoms with E-state index in [1.165, 1.54) is 0 Å². The number of rotatable bonds is 78. The first-order valence-corrected chi connectivity index (χ1v) is 45.2. The molecule has 4 N–H and O–H groups in total. The number of nitrogens with zero attached hydrogens (tertiary/aromatic N) is 2. The van der Waals surface area contributed by atoms with E-state index in [4.69, 9.17) is 114 Å². The van der Waals surface area contributed by atoms with Crippen molar-refractivity contribution in [1.82, 2.24) is 31.1 Å². The van der Waals surface area contributed by atoms with Gasteiger partial charge in [-0.3, -0.25) is 48.2 Å². The average molecular weight is 1880 g/mol. The van der Waals surface area contributed by atoms with Crippen molar-refractivity contribution in [1.29, 1.82) is 0 Å². The standard InChI is InChI=1S/C96H134N6O32/c1-111-23-31-119-39-47-127-59-69(60-128-48-40-120-32-24-112-2)97-83(103)57-81(91(105)99-71(63-131-51-43-123-35-27-115-5)64-132-52-44-124-36-28-116-6)101-93(107)75-21-19-73-86-78(68-17-13-10-14-18-68)56-80-88-76(22-20-74(90(86)88)85-77(67-15-11-9-12-16-67)55-79(95(101)109)87(75)89(73)85)94(108)102(96(80)110)82(92(106)100-72(65-133-53-45-125-37-29-117-7)66-134-54-46-126-38-30-118-8)58-84(104)98-70(61-129-49-41-121-33-25-113-3)62-130-50-42-122-34-26-114-4/h9-22,55-56,69-72,81-82H,23-54,57-66H2,1-8H3,(H,97,103)(H,98,104)(H,99,105)(H,100,106). The van der Waals surface area contributed by atoms with Gasteiger partial charge in [0.1, 0.15) is 12.1 Å². The molecule has 2 unspecified atom stereocenters. The van der Waals surface area contributed by atoms with E-state index in [2.05, 4.69) is 21.3 Å². The lowest BCUT2D eigenvalue weighted by molar-refractivity contribution is -0.132. The molecule has 38 heteroatoms. The van der Waals surface area contributed by atoms with E-state index in [9.17, 15) is 0 Å². The van der Waals surface area contributed by atoms with Gasteiger partial charge in [0, 0.05) is 89.9 Å². The molecule has 2 aliphatic rings. The first-order chi connectivity index (χ1) is 65.7. The zero-order chi connectivity index (χ0) is 95.3. The van der Waals surface area contributed by atoms with Crippen LogP contribution in [0.3, 0.4) is 0 Å². The van der Waals surface area contributed by atoms with E-state index in [-0.39, 0.29) is 192 Å². The first-order valence-electron chi connectivity index (χ1n) is 45.2. The summed E-state index contributed by atoms with van der Waals surface area (Å²) in [6.45, 7) is 6.64. The molecular formula is C96H134N6O32. The molecule has 0 aromatic heterocycles. The van der Waals surface area contributed by atoms with Crippen LogP contribution in [0.1, 0.15) is 54.3 Å². The highest BCUT2D eigenvalue weighted by molar-refractivity contribution is 6.45. The molecule has 2 atom stereocenters. The Bertz CT molecular complexity index is 4290. The van der Waals surface area contributed by atoms with Crippen molar-refractivity contribution in [3.05, 3.63) is 119 Å². The largest absolute Gasteiger partial charge is 0.382 e. The normalized spacial score (nSPS) is 13.3. The highest BCUT2D eigenvalue weighted by atomic mass is 16.6. The second-order valence-corrected chi connectivity index (χ2v) is 31.0. The molecule has 2 aliphatic heterocycles. The van der Waals surface area contributed by atoms with E-state index < -0.39 is 96.4 Å². The smallest absolute Gasteiger partial charge is 0.262 e. The molecule has 8 amide bonds. The minimum absolute atomic E-state index is 0.00957. The minimum Gasteiger partial charge on any atom is -0.382 e. The monoisotopic (exact) mass is 1880 g/mol. The second kappa shape index (κ2) is 62.7. The molecule has 2 heterocycles. The van der Waals surface area contributed by atoms with Crippen molar-refractivity contribution >= 4 is 90.3 Å². The van der Waals surface area contributed by atoms with E-state index in [0.717, 1.165) is 9.80 Å². The van der Waals surface area contributed by atoms with Gasteiger partial charge in [0.05, 0.1) is 301 Å². The van der Waals surface area contributed by atoms with Crippen LogP contribution in [0.2, 0.25) is 0 Å². The molecule has 0 spiro atoms. The van der Waals surface area contributed by atoms with Crippen molar-refractivity contribution in [3.63, 3.8) is 0 Å². The molecule has 38 nitrogen and oxygen atoms in total. The van der Waals surface area contributed by atoms with E-state index in [1.54, 1.807) is 93.3 Å².